The molecule has 6 fully saturated rings. The molecular weight excluding hydrogens is 390 g/mol. The molecule has 0 spiro atoms. The first kappa shape index (κ1) is 19.8. The maximum Gasteiger partial charge on any atom is 0.223 e. The number of hydrogen-bond donors (Lipinski definition) is 0. The van der Waals surface area contributed by atoms with Crippen molar-refractivity contribution in [3.63, 3.8) is 0 Å². The van der Waals surface area contributed by atoms with Crippen LogP contribution in [0, 0.1) is 23.2 Å². The highest BCUT2D eigenvalue weighted by Gasteiger charge is 2.51. The molecule has 2 aliphatic heterocycles. The summed E-state index contributed by atoms with van der Waals surface area (Å²) in [6.07, 6.45) is 9.07. The van der Waals surface area contributed by atoms with E-state index in [0.717, 1.165) is 88.3 Å². The maximum atomic E-state index is 13.2. The lowest BCUT2D eigenvalue weighted by Crippen LogP contribution is -2.52. The second kappa shape index (κ2) is 7.91. The van der Waals surface area contributed by atoms with Gasteiger partial charge in [-0.15, -0.1) is 10.2 Å². The van der Waals surface area contributed by atoms with Crippen LogP contribution < -0.4 is 9.80 Å². The Hall–Kier alpha value is -1.89. The molecule has 0 radical (unpaired) electrons. The van der Waals surface area contributed by atoms with Gasteiger partial charge in [0.15, 0.2) is 11.6 Å². The molecule has 4 aliphatic carbocycles. The average Bonchev–Trinajstić information content (AvgIpc) is 2.79. The zero-order chi connectivity index (χ0) is 20.8. The van der Waals surface area contributed by atoms with Gasteiger partial charge in [0.05, 0.1) is 13.2 Å². The predicted octanol–water partition coefficient (Wildman–Crippen LogP) is 2.57. The summed E-state index contributed by atoms with van der Waals surface area (Å²) in [5.41, 5.74) is 0.337. The maximum absolute atomic E-state index is 13.2. The molecule has 7 rings (SSSR count). The Bertz CT molecular complexity index is 763. The molecule has 7 nitrogen and oxygen atoms in total. The second-order valence-corrected chi connectivity index (χ2v) is 10.8. The van der Waals surface area contributed by atoms with Crippen molar-refractivity contribution in [2.75, 3.05) is 62.3 Å². The van der Waals surface area contributed by atoms with Crippen LogP contribution in [0.4, 0.5) is 11.6 Å². The molecule has 0 aromatic carbocycles. The predicted molar refractivity (Wildman–Crippen MR) is 119 cm³/mol. The molecule has 2 saturated heterocycles. The van der Waals surface area contributed by atoms with Gasteiger partial charge in [0.25, 0.3) is 0 Å². The van der Waals surface area contributed by atoms with Gasteiger partial charge in [0.1, 0.15) is 0 Å². The fourth-order valence-electron chi connectivity index (χ4n) is 7.57. The third-order valence-corrected chi connectivity index (χ3v) is 8.62. The molecule has 0 N–H and O–H groups in total. The van der Waals surface area contributed by atoms with Crippen LogP contribution in [0.2, 0.25) is 0 Å². The number of rotatable bonds is 4. The SMILES string of the molecule is O=C(CC12CC3CC(CC(C3)C1)C2)N1CCN(c2ccc(N3CCOCC3)nn2)CC1. The van der Waals surface area contributed by atoms with Crippen molar-refractivity contribution >= 4 is 17.5 Å². The first-order valence-electron chi connectivity index (χ1n) is 12.3. The van der Waals surface area contributed by atoms with Gasteiger partial charge in [-0.2, -0.15) is 0 Å². The van der Waals surface area contributed by atoms with Gasteiger partial charge in [0, 0.05) is 45.7 Å². The summed E-state index contributed by atoms with van der Waals surface area (Å²) in [6.45, 7) is 6.55. The van der Waals surface area contributed by atoms with Gasteiger partial charge < -0.3 is 19.4 Å². The van der Waals surface area contributed by atoms with Crippen LogP contribution in [-0.2, 0) is 9.53 Å². The molecule has 7 heteroatoms. The van der Waals surface area contributed by atoms with Gasteiger partial charge in [-0.25, -0.2) is 0 Å². The van der Waals surface area contributed by atoms with Crippen molar-refractivity contribution in [2.24, 2.45) is 23.2 Å². The first-order chi connectivity index (χ1) is 15.2. The second-order valence-electron chi connectivity index (χ2n) is 10.8. The molecule has 168 valence electrons. The summed E-state index contributed by atoms with van der Waals surface area (Å²) in [5, 5.41) is 8.94. The number of anilines is 2. The van der Waals surface area contributed by atoms with Gasteiger partial charge in [-0.3, -0.25) is 4.79 Å². The highest BCUT2D eigenvalue weighted by atomic mass is 16.5. The van der Waals surface area contributed by atoms with E-state index in [1.807, 2.05) is 0 Å². The van der Waals surface area contributed by atoms with Gasteiger partial charge in [-0.1, -0.05) is 0 Å². The van der Waals surface area contributed by atoms with Crippen molar-refractivity contribution in [1.82, 2.24) is 15.1 Å². The fraction of sp³-hybridized carbons (Fsp3) is 0.792. The lowest BCUT2D eigenvalue weighted by Gasteiger charge is -2.57. The molecular formula is C24H35N5O2. The van der Waals surface area contributed by atoms with E-state index in [1.165, 1.54) is 38.5 Å². The molecule has 1 amide bonds. The summed E-state index contributed by atoms with van der Waals surface area (Å²) < 4.78 is 5.42. The fourth-order valence-corrected chi connectivity index (χ4v) is 7.57. The van der Waals surface area contributed by atoms with Crippen LogP contribution in [0.1, 0.15) is 44.9 Å². The number of piperazine rings is 1. The minimum Gasteiger partial charge on any atom is -0.378 e. The molecule has 3 heterocycles. The zero-order valence-corrected chi connectivity index (χ0v) is 18.5. The number of amides is 1. The van der Waals surface area contributed by atoms with Crippen LogP contribution in [-0.4, -0.2) is 73.5 Å². The monoisotopic (exact) mass is 425 g/mol. The largest absolute Gasteiger partial charge is 0.378 e. The Labute approximate surface area is 185 Å². The van der Waals surface area contributed by atoms with E-state index in [4.69, 9.17) is 4.74 Å². The summed E-state index contributed by atoms with van der Waals surface area (Å²) in [6, 6.07) is 4.14. The smallest absolute Gasteiger partial charge is 0.223 e. The molecule has 0 atom stereocenters. The summed E-state index contributed by atoms with van der Waals surface area (Å²) in [5.74, 6) is 4.98. The number of nitrogens with zero attached hydrogens (tertiary/aromatic N) is 5. The van der Waals surface area contributed by atoms with E-state index in [-0.39, 0.29) is 0 Å². The van der Waals surface area contributed by atoms with Crippen molar-refractivity contribution in [3.05, 3.63) is 12.1 Å². The van der Waals surface area contributed by atoms with E-state index < -0.39 is 0 Å². The van der Waals surface area contributed by atoms with Gasteiger partial charge >= 0.3 is 0 Å². The van der Waals surface area contributed by atoms with E-state index in [0.29, 0.717) is 11.3 Å². The first-order valence-corrected chi connectivity index (χ1v) is 12.3. The number of aromatic nitrogens is 2. The molecule has 1 aromatic rings. The average molecular weight is 426 g/mol. The lowest BCUT2D eigenvalue weighted by atomic mass is 9.49. The third-order valence-electron chi connectivity index (χ3n) is 8.62. The van der Waals surface area contributed by atoms with Crippen LogP contribution in [0.15, 0.2) is 12.1 Å². The quantitative estimate of drug-likeness (QED) is 0.739. The lowest BCUT2D eigenvalue weighted by molar-refractivity contribution is -0.139. The minimum atomic E-state index is 0.337. The summed E-state index contributed by atoms with van der Waals surface area (Å²) >= 11 is 0. The number of carbonyl (C=O) groups is 1. The molecule has 31 heavy (non-hydrogen) atoms. The topological polar surface area (TPSA) is 61.8 Å². The molecule has 6 aliphatic rings. The van der Waals surface area contributed by atoms with E-state index in [9.17, 15) is 4.79 Å². The Morgan fingerprint density at radius 2 is 1.35 bits per heavy atom. The zero-order valence-electron chi connectivity index (χ0n) is 18.5. The van der Waals surface area contributed by atoms with E-state index in [2.05, 4.69) is 37.0 Å². The Morgan fingerprint density at radius 1 is 0.839 bits per heavy atom. The normalized spacial score (nSPS) is 35.0. The highest BCUT2D eigenvalue weighted by molar-refractivity contribution is 5.77. The van der Waals surface area contributed by atoms with Gasteiger partial charge in [-0.05, 0) is 73.8 Å². The van der Waals surface area contributed by atoms with Gasteiger partial charge in [0.2, 0.25) is 5.91 Å². The summed E-state index contributed by atoms with van der Waals surface area (Å²) in [7, 11) is 0. The number of hydrogen-bond acceptors (Lipinski definition) is 6. The van der Waals surface area contributed by atoms with Crippen molar-refractivity contribution in [1.29, 1.82) is 0 Å². The van der Waals surface area contributed by atoms with Crippen molar-refractivity contribution < 1.29 is 9.53 Å². The third kappa shape index (κ3) is 3.90. The summed E-state index contributed by atoms with van der Waals surface area (Å²) in [4.78, 5) is 19.8. The van der Waals surface area contributed by atoms with Crippen LogP contribution in [0.5, 0.6) is 0 Å². The Morgan fingerprint density at radius 3 is 1.87 bits per heavy atom. The van der Waals surface area contributed by atoms with E-state index >= 15 is 0 Å². The van der Waals surface area contributed by atoms with Crippen molar-refractivity contribution in [3.8, 4) is 0 Å². The number of ether oxygens (including phenoxy) is 1. The Kier molecular flexibility index (Phi) is 5.04. The van der Waals surface area contributed by atoms with Crippen LogP contribution in [0.3, 0.4) is 0 Å². The molecule has 0 unspecified atom stereocenters. The molecule has 4 saturated carbocycles. The minimum absolute atomic E-state index is 0.337. The number of morpholine rings is 1. The van der Waals surface area contributed by atoms with Crippen molar-refractivity contribution in [2.45, 2.75) is 44.9 Å². The highest BCUT2D eigenvalue weighted by Crippen LogP contribution is 2.61. The van der Waals surface area contributed by atoms with Crippen LogP contribution >= 0.6 is 0 Å². The number of carbonyl (C=O) groups excluding carboxylic acids is 1. The standard InChI is InChI=1S/C24H35N5O2/c30-23(17-24-14-18-11-19(15-24)13-20(12-18)16-24)29-5-3-27(4-6-29)21-1-2-22(26-25-21)28-7-9-31-10-8-28/h1-2,18-20H,3-17H2. The van der Waals surface area contributed by atoms with Crippen LogP contribution in [0.25, 0.3) is 0 Å². The van der Waals surface area contributed by atoms with E-state index in [1.54, 1.807) is 0 Å². The molecule has 1 aromatic heterocycles. The molecule has 4 bridgehead atoms. The Balaban J connectivity index is 1.03.